The topological polar surface area (TPSA) is 55.1 Å². The molecule has 3 aromatic rings. The number of oxazole rings is 1. The van der Waals surface area contributed by atoms with Gasteiger partial charge < -0.3 is 9.73 Å². The molecule has 116 valence electrons. The number of benzene rings is 2. The fraction of sp³-hybridized carbons (Fsp3) is 0.111. The van der Waals surface area contributed by atoms with Gasteiger partial charge in [-0.3, -0.25) is 4.79 Å². The maximum absolute atomic E-state index is 12.1. The Kier molecular flexibility index (Phi) is 4.74. The standard InChI is InChI=1S/C18H15ClN2O2/c19-16-7-1-13(2-8-16)9-10-21-18(22)15-5-3-14(4-6-15)17-11-20-12-23-17/h1-8,11-12H,9-10H2,(H,21,22). The molecule has 0 atom stereocenters. The van der Waals surface area contributed by atoms with Crippen LogP contribution in [0, 0.1) is 0 Å². The van der Waals surface area contributed by atoms with Crippen molar-refractivity contribution in [3.05, 3.63) is 77.3 Å². The molecule has 0 aliphatic rings. The largest absolute Gasteiger partial charge is 0.444 e. The third-order valence-corrected chi connectivity index (χ3v) is 3.73. The van der Waals surface area contributed by atoms with E-state index in [0.29, 0.717) is 22.9 Å². The van der Waals surface area contributed by atoms with Gasteiger partial charge in [-0.05, 0) is 36.2 Å². The first-order valence-corrected chi connectivity index (χ1v) is 7.62. The zero-order valence-corrected chi connectivity index (χ0v) is 13.1. The Hall–Kier alpha value is -2.59. The van der Waals surface area contributed by atoms with Crippen LogP contribution in [0.2, 0.25) is 5.02 Å². The van der Waals surface area contributed by atoms with Gasteiger partial charge in [-0.25, -0.2) is 4.98 Å². The number of nitrogens with one attached hydrogen (secondary N) is 1. The lowest BCUT2D eigenvalue weighted by Gasteiger charge is -2.06. The van der Waals surface area contributed by atoms with E-state index in [4.69, 9.17) is 16.0 Å². The van der Waals surface area contributed by atoms with Crippen molar-refractivity contribution >= 4 is 17.5 Å². The van der Waals surface area contributed by atoms with Crippen LogP contribution in [0.3, 0.4) is 0 Å². The third-order valence-electron chi connectivity index (χ3n) is 3.48. The van der Waals surface area contributed by atoms with Crippen LogP contribution >= 0.6 is 11.6 Å². The van der Waals surface area contributed by atoms with Crippen molar-refractivity contribution < 1.29 is 9.21 Å². The number of hydrogen-bond acceptors (Lipinski definition) is 3. The van der Waals surface area contributed by atoms with E-state index in [-0.39, 0.29) is 5.91 Å². The lowest BCUT2D eigenvalue weighted by molar-refractivity contribution is 0.0954. The van der Waals surface area contributed by atoms with Crippen LogP contribution in [0.5, 0.6) is 0 Å². The first-order chi connectivity index (χ1) is 11.2. The van der Waals surface area contributed by atoms with Crippen molar-refractivity contribution in [2.75, 3.05) is 6.54 Å². The second kappa shape index (κ2) is 7.11. The molecule has 1 heterocycles. The van der Waals surface area contributed by atoms with Crippen molar-refractivity contribution in [2.24, 2.45) is 0 Å². The van der Waals surface area contributed by atoms with Gasteiger partial charge in [-0.15, -0.1) is 0 Å². The van der Waals surface area contributed by atoms with Crippen LogP contribution in [0.15, 0.2) is 65.5 Å². The molecule has 23 heavy (non-hydrogen) atoms. The van der Waals surface area contributed by atoms with E-state index in [1.54, 1.807) is 18.3 Å². The van der Waals surface area contributed by atoms with E-state index < -0.39 is 0 Å². The Morgan fingerprint density at radius 2 is 1.83 bits per heavy atom. The molecular weight excluding hydrogens is 312 g/mol. The summed E-state index contributed by atoms with van der Waals surface area (Å²) in [6.45, 7) is 0.574. The number of aromatic nitrogens is 1. The van der Waals surface area contributed by atoms with E-state index in [1.165, 1.54) is 6.39 Å². The molecule has 1 N–H and O–H groups in total. The van der Waals surface area contributed by atoms with E-state index in [0.717, 1.165) is 17.5 Å². The molecule has 1 amide bonds. The quantitative estimate of drug-likeness (QED) is 0.772. The van der Waals surface area contributed by atoms with Gasteiger partial charge in [-0.1, -0.05) is 35.9 Å². The van der Waals surface area contributed by atoms with Gasteiger partial charge in [-0.2, -0.15) is 0 Å². The lowest BCUT2D eigenvalue weighted by atomic mass is 10.1. The monoisotopic (exact) mass is 326 g/mol. The minimum absolute atomic E-state index is 0.0944. The lowest BCUT2D eigenvalue weighted by Crippen LogP contribution is -2.25. The summed E-state index contributed by atoms with van der Waals surface area (Å²) < 4.78 is 5.22. The van der Waals surface area contributed by atoms with E-state index >= 15 is 0 Å². The minimum Gasteiger partial charge on any atom is -0.444 e. The van der Waals surface area contributed by atoms with E-state index in [1.807, 2.05) is 36.4 Å². The summed E-state index contributed by atoms with van der Waals surface area (Å²) in [6, 6.07) is 14.8. The van der Waals surface area contributed by atoms with Gasteiger partial charge in [0.1, 0.15) is 0 Å². The Balaban J connectivity index is 1.55. The van der Waals surface area contributed by atoms with Crippen molar-refractivity contribution in [1.82, 2.24) is 10.3 Å². The number of nitrogens with zero attached hydrogens (tertiary/aromatic N) is 1. The van der Waals surface area contributed by atoms with E-state index in [9.17, 15) is 4.79 Å². The second-order valence-electron chi connectivity index (χ2n) is 5.08. The summed E-state index contributed by atoms with van der Waals surface area (Å²) in [5, 5.41) is 3.62. The van der Waals surface area contributed by atoms with Gasteiger partial charge in [0, 0.05) is 22.7 Å². The smallest absolute Gasteiger partial charge is 0.251 e. The number of carbonyl (C=O) groups excluding carboxylic acids is 1. The molecule has 0 unspecified atom stereocenters. The Bertz CT molecular complexity index is 766. The average Bonchev–Trinajstić information content (AvgIpc) is 3.11. The molecule has 4 nitrogen and oxygen atoms in total. The van der Waals surface area contributed by atoms with Gasteiger partial charge in [0.2, 0.25) is 0 Å². The van der Waals surface area contributed by atoms with Crippen molar-refractivity contribution in [1.29, 1.82) is 0 Å². The predicted molar refractivity (Wildman–Crippen MR) is 89.4 cm³/mol. The molecule has 0 saturated heterocycles. The van der Waals surface area contributed by atoms with Gasteiger partial charge in [0.05, 0.1) is 6.20 Å². The SMILES string of the molecule is O=C(NCCc1ccc(Cl)cc1)c1ccc(-c2cnco2)cc1. The highest BCUT2D eigenvalue weighted by Gasteiger charge is 2.07. The van der Waals surface area contributed by atoms with Crippen molar-refractivity contribution in [3.8, 4) is 11.3 Å². The number of hydrogen-bond donors (Lipinski definition) is 1. The molecule has 0 aliphatic heterocycles. The normalized spacial score (nSPS) is 10.5. The Morgan fingerprint density at radius 3 is 2.48 bits per heavy atom. The highest BCUT2D eigenvalue weighted by molar-refractivity contribution is 6.30. The summed E-state index contributed by atoms with van der Waals surface area (Å²) in [7, 11) is 0. The van der Waals surface area contributed by atoms with Gasteiger partial charge in [0.25, 0.3) is 5.91 Å². The van der Waals surface area contributed by atoms with Crippen molar-refractivity contribution in [2.45, 2.75) is 6.42 Å². The maximum atomic E-state index is 12.1. The van der Waals surface area contributed by atoms with Crippen LogP contribution in [0.25, 0.3) is 11.3 Å². The predicted octanol–water partition coefficient (Wildman–Crippen LogP) is 3.97. The first kappa shape index (κ1) is 15.3. The molecule has 2 aromatic carbocycles. The zero-order valence-electron chi connectivity index (χ0n) is 12.3. The van der Waals surface area contributed by atoms with E-state index in [2.05, 4.69) is 10.3 Å². The molecule has 3 rings (SSSR count). The minimum atomic E-state index is -0.0944. The highest BCUT2D eigenvalue weighted by Crippen LogP contribution is 2.18. The summed E-state index contributed by atoms with van der Waals surface area (Å²) >= 11 is 5.85. The average molecular weight is 327 g/mol. The van der Waals surface area contributed by atoms with Crippen LogP contribution < -0.4 is 5.32 Å². The zero-order chi connectivity index (χ0) is 16.1. The number of amides is 1. The first-order valence-electron chi connectivity index (χ1n) is 7.24. The molecular formula is C18H15ClN2O2. The van der Waals surface area contributed by atoms with Gasteiger partial charge >= 0.3 is 0 Å². The van der Waals surface area contributed by atoms with Crippen LogP contribution in [0.1, 0.15) is 15.9 Å². The summed E-state index contributed by atoms with van der Waals surface area (Å²) in [5.74, 6) is 0.586. The molecule has 0 fully saturated rings. The number of rotatable bonds is 5. The maximum Gasteiger partial charge on any atom is 0.251 e. The molecule has 0 bridgehead atoms. The van der Waals surface area contributed by atoms with Crippen LogP contribution in [-0.4, -0.2) is 17.4 Å². The molecule has 0 radical (unpaired) electrons. The second-order valence-corrected chi connectivity index (χ2v) is 5.51. The Morgan fingerprint density at radius 1 is 1.09 bits per heavy atom. The number of carbonyl (C=O) groups is 1. The van der Waals surface area contributed by atoms with Gasteiger partial charge in [0.15, 0.2) is 12.2 Å². The summed E-state index contributed by atoms with van der Waals surface area (Å²) in [6.07, 6.45) is 3.78. The summed E-state index contributed by atoms with van der Waals surface area (Å²) in [4.78, 5) is 16.0. The van der Waals surface area contributed by atoms with Crippen LogP contribution in [-0.2, 0) is 6.42 Å². The fourth-order valence-electron chi connectivity index (χ4n) is 2.22. The molecule has 0 aliphatic carbocycles. The van der Waals surface area contributed by atoms with Crippen LogP contribution in [0.4, 0.5) is 0 Å². The number of halogens is 1. The fourth-order valence-corrected chi connectivity index (χ4v) is 2.34. The molecule has 1 aromatic heterocycles. The molecule has 5 heteroatoms. The molecule has 0 saturated carbocycles. The van der Waals surface area contributed by atoms with Crippen molar-refractivity contribution in [3.63, 3.8) is 0 Å². The highest BCUT2D eigenvalue weighted by atomic mass is 35.5. The Labute approximate surface area is 139 Å². The molecule has 0 spiro atoms. The summed E-state index contributed by atoms with van der Waals surface area (Å²) in [5.41, 5.74) is 2.64. The third kappa shape index (κ3) is 3.99.